The van der Waals surface area contributed by atoms with Gasteiger partial charge in [-0.2, -0.15) is 13.2 Å². The fourth-order valence-corrected chi connectivity index (χ4v) is 4.27. The topological polar surface area (TPSA) is 40.6 Å². The van der Waals surface area contributed by atoms with Crippen LogP contribution in [0.5, 0.6) is 0 Å². The lowest BCUT2D eigenvalue weighted by molar-refractivity contribution is -0.163. The van der Waals surface area contributed by atoms with E-state index in [9.17, 15) is 27.2 Å². The first-order valence-electron chi connectivity index (χ1n) is 9.33. The Morgan fingerprint density at radius 3 is 2.03 bits per heavy atom. The zero-order valence-corrected chi connectivity index (χ0v) is 16.8. The molecule has 0 saturated carbocycles. The summed E-state index contributed by atoms with van der Waals surface area (Å²) in [5.74, 6) is -1.55. The number of amides is 2. The van der Waals surface area contributed by atoms with Crippen LogP contribution in [0, 0.1) is 5.82 Å². The zero-order valence-electron chi connectivity index (χ0n) is 15.9. The molecule has 1 atom stereocenters. The van der Waals surface area contributed by atoms with Gasteiger partial charge in [0, 0.05) is 31.1 Å². The Balaban J connectivity index is 1.69. The van der Waals surface area contributed by atoms with Crippen molar-refractivity contribution in [3.8, 4) is 0 Å². The molecular formula is C21H20F4N2O2S. The quantitative estimate of drug-likeness (QED) is 0.515. The van der Waals surface area contributed by atoms with Crippen LogP contribution in [0.4, 0.5) is 17.6 Å². The van der Waals surface area contributed by atoms with Crippen LogP contribution in [0.2, 0.25) is 0 Å². The lowest BCUT2D eigenvalue weighted by Crippen LogP contribution is -2.52. The van der Waals surface area contributed by atoms with E-state index in [0.29, 0.717) is 0 Å². The minimum Gasteiger partial charge on any atom is -0.339 e. The molecule has 0 N–H and O–H groups in total. The van der Waals surface area contributed by atoms with E-state index in [1.807, 2.05) is 30.3 Å². The van der Waals surface area contributed by atoms with Crippen LogP contribution in [0.15, 0.2) is 59.5 Å². The third-order valence-corrected chi connectivity index (χ3v) is 5.94. The van der Waals surface area contributed by atoms with E-state index >= 15 is 0 Å². The Morgan fingerprint density at radius 1 is 0.900 bits per heavy atom. The molecular weight excluding hydrogens is 420 g/mol. The fourth-order valence-electron chi connectivity index (χ4n) is 3.16. The minimum absolute atomic E-state index is 0.0589. The maximum atomic E-state index is 13.2. The largest absolute Gasteiger partial charge is 0.397 e. The first-order chi connectivity index (χ1) is 14.2. The molecule has 1 saturated heterocycles. The van der Waals surface area contributed by atoms with Gasteiger partial charge in [-0.3, -0.25) is 9.59 Å². The van der Waals surface area contributed by atoms with Crippen LogP contribution in [-0.4, -0.2) is 54.0 Å². The van der Waals surface area contributed by atoms with Crippen molar-refractivity contribution < 1.29 is 27.2 Å². The molecule has 1 aliphatic rings. The van der Waals surface area contributed by atoms with E-state index in [1.54, 1.807) is 17.0 Å². The van der Waals surface area contributed by atoms with Crippen molar-refractivity contribution in [1.29, 1.82) is 0 Å². The van der Waals surface area contributed by atoms with Gasteiger partial charge in [-0.1, -0.05) is 30.3 Å². The number of nitrogens with zero attached hydrogens (tertiary/aromatic N) is 2. The minimum atomic E-state index is -4.55. The second-order valence-corrected chi connectivity index (χ2v) is 8.04. The molecule has 160 valence electrons. The smallest absolute Gasteiger partial charge is 0.339 e. The van der Waals surface area contributed by atoms with Gasteiger partial charge in [0.2, 0.25) is 11.8 Å². The Kier molecular flexibility index (Phi) is 7.02. The van der Waals surface area contributed by atoms with E-state index < -0.39 is 23.8 Å². The number of carbonyl (C=O) groups excluding carboxylic acids is 2. The molecule has 0 aliphatic carbocycles. The van der Waals surface area contributed by atoms with Gasteiger partial charge in [0.15, 0.2) is 0 Å². The molecule has 0 aromatic heterocycles. The number of rotatable bonds is 5. The Hall–Kier alpha value is -2.55. The highest BCUT2D eigenvalue weighted by molar-refractivity contribution is 8.00. The summed E-state index contributed by atoms with van der Waals surface area (Å²) in [6.07, 6.45) is -6.04. The molecule has 1 fully saturated rings. The number of piperazine rings is 1. The standard InChI is InChI=1S/C21H20F4N2O2S/c22-16-6-8-17(9-7-16)30-19(15-4-2-1-3-5-15)20(29)27-12-10-26(11-13-27)18(28)14-21(23,24)25/h1-9,19H,10-14H2. The number of halogens is 4. The fraction of sp³-hybridized carbons (Fsp3) is 0.333. The highest BCUT2D eigenvalue weighted by Crippen LogP contribution is 2.37. The molecule has 30 heavy (non-hydrogen) atoms. The molecule has 0 spiro atoms. The summed E-state index contributed by atoms with van der Waals surface area (Å²) in [5.41, 5.74) is 0.771. The molecule has 3 rings (SSSR count). The number of hydrogen-bond acceptors (Lipinski definition) is 3. The third kappa shape index (κ3) is 5.98. The Morgan fingerprint density at radius 2 is 1.47 bits per heavy atom. The van der Waals surface area contributed by atoms with Gasteiger partial charge in [0.1, 0.15) is 17.5 Å². The summed E-state index contributed by atoms with van der Waals surface area (Å²) in [4.78, 5) is 28.4. The van der Waals surface area contributed by atoms with E-state index in [4.69, 9.17) is 0 Å². The van der Waals surface area contributed by atoms with Crippen LogP contribution in [0.3, 0.4) is 0 Å². The summed E-state index contributed by atoms with van der Waals surface area (Å²) in [6.45, 7) is 0.443. The lowest BCUT2D eigenvalue weighted by Gasteiger charge is -2.36. The molecule has 9 heteroatoms. The molecule has 2 aromatic carbocycles. The summed E-state index contributed by atoms with van der Waals surface area (Å²) in [5, 5.41) is -0.589. The van der Waals surface area contributed by atoms with Crippen molar-refractivity contribution in [3.63, 3.8) is 0 Å². The highest BCUT2D eigenvalue weighted by Gasteiger charge is 2.36. The predicted molar refractivity (Wildman–Crippen MR) is 105 cm³/mol. The van der Waals surface area contributed by atoms with Gasteiger partial charge in [-0.05, 0) is 29.8 Å². The molecule has 1 aliphatic heterocycles. The first-order valence-corrected chi connectivity index (χ1v) is 10.2. The Bertz CT molecular complexity index is 867. The van der Waals surface area contributed by atoms with Crippen molar-refractivity contribution in [1.82, 2.24) is 9.80 Å². The van der Waals surface area contributed by atoms with Gasteiger partial charge >= 0.3 is 6.18 Å². The van der Waals surface area contributed by atoms with Crippen LogP contribution < -0.4 is 0 Å². The average molecular weight is 440 g/mol. The van der Waals surface area contributed by atoms with E-state index in [1.165, 1.54) is 23.9 Å². The zero-order chi connectivity index (χ0) is 21.7. The second kappa shape index (κ2) is 9.51. The number of hydrogen-bond donors (Lipinski definition) is 0. The molecule has 1 unspecified atom stereocenters. The van der Waals surface area contributed by atoms with Crippen molar-refractivity contribution in [2.24, 2.45) is 0 Å². The van der Waals surface area contributed by atoms with Gasteiger partial charge in [-0.15, -0.1) is 11.8 Å². The normalized spacial score (nSPS) is 15.7. The average Bonchev–Trinajstić information content (AvgIpc) is 2.72. The molecule has 0 radical (unpaired) electrons. The maximum Gasteiger partial charge on any atom is 0.397 e. The highest BCUT2D eigenvalue weighted by atomic mass is 32.2. The van der Waals surface area contributed by atoms with Crippen molar-refractivity contribution in [2.45, 2.75) is 22.7 Å². The van der Waals surface area contributed by atoms with Crippen LogP contribution in [-0.2, 0) is 9.59 Å². The summed E-state index contributed by atoms with van der Waals surface area (Å²) in [7, 11) is 0. The van der Waals surface area contributed by atoms with Gasteiger partial charge in [0.05, 0.1) is 0 Å². The van der Waals surface area contributed by atoms with Gasteiger partial charge < -0.3 is 9.80 Å². The van der Waals surface area contributed by atoms with Crippen LogP contribution in [0.25, 0.3) is 0 Å². The summed E-state index contributed by atoms with van der Waals surface area (Å²) in [6, 6.07) is 14.9. The molecule has 1 heterocycles. The summed E-state index contributed by atoms with van der Waals surface area (Å²) >= 11 is 1.28. The van der Waals surface area contributed by atoms with E-state index in [0.717, 1.165) is 15.4 Å². The molecule has 4 nitrogen and oxygen atoms in total. The van der Waals surface area contributed by atoms with E-state index in [-0.39, 0.29) is 37.9 Å². The van der Waals surface area contributed by atoms with Gasteiger partial charge in [-0.25, -0.2) is 4.39 Å². The number of benzene rings is 2. The summed E-state index contributed by atoms with van der Waals surface area (Å²) < 4.78 is 50.6. The van der Waals surface area contributed by atoms with Gasteiger partial charge in [0.25, 0.3) is 0 Å². The van der Waals surface area contributed by atoms with Crippen molar-refractivity contribution in [2.75, 3.05) is 26.2 Å². The lowest BCUT2D eigenvalue weighted by atomic mass is 10.1. The van der Waals surface area contributed by atoms with Crippen molar-refractivity contribution >= 4 is 23.6 Å². The molecule has 0 bridgehead atoms. The molecule has 2 amide bonds. The van der Waals surface area contributed by atoms with Crippen LogP contribution in [0.1, 0.15) is 17.2 Å². The van der Waals surface area contributed by atoms with E-state index in [2.05, 4.69) is 0 Å². The number of carbonyl (C=O) groups is 2. The third-order valence-electron chi connectivity index (χ3n) is 4.69. The monoisotopic (exact) mass is 440 g/mol. The predicted octanol–water partition coefficient (Wildman–Crippen LogP) is 4.28. The number of alkyl halides is 3. The molecule has 2 aromatic rings. The first kappa shape index (κ1) is 22.1. The number of thioether (sulfide) groups is 1. The van der Waals surface area contributed by atoms with Crippen molar-refractivity contribution in [3.05, 3.63) is 66.0 Å². The second-order valence-electron chi connectivity index (χ2n) is 6.86. The maximum absolute atomic E-state index is 13.2. The Labute approximate surface area is 175 Å². The SMILES string of the molecule is O=C(CC(F)(F)F)N1CCN(C(=O)C(Sc2ccc(F)cc2)c2ccccc2)CC1. The van der Waals surface area contributed by atoms with Crippen LogP contribution >= 0.6 is 11.8 Å².